The van der Waals surface area contributed by atoms with Crippen LogP contribution in [0, 0.1) is 0 Å². The summed E-state index contributed by atoms with van der Waals surface area (Å²) in [5, 5.41) is 11.8. The second kappa shape index (κ2) is 9.74. The average molecular weight is 440 g/mol. The van der Waals surface area contributed by atoms with Gasteiger partial charge in [-0.05, 0) is 42.5 Å². The number of benzene rings is 2. The van der Waals surface area contributed by atoms with Crippen LogP contribution in [0.15, 0.2) is 53.7 Å². The summed E-state index contributed by atoms with van der Waals surface area (Å²) in [5.41, 5.74) is 2.53. The summed E-state index contributed by atoms with van der Waals surface area (Å²) < 4.78 is 12.3. The molecule has 0 bridgehead atoms. The normalized spacial score (nSPS) is 15.2. The predicted molar refractivity (Wildman–Crippen MR) is 118 cm³/mol. The maximum atomic E-state index is 12.5. The van der Waals surface area contributed by atoms with E-state index in [2.05, 4.69) is 27.6 Å². The molecule has 1 aliphatic rings. The van der Waals surface area contributed by atoms with Crippen molar-refractivity contribution >= 4 is 17.7 Å². The fourth-order valence-electron chi connectivity index (χ4n) is 3.61. The van der Waals surface area contributed by atoms with Crippen LogP contribution in [0.3, 0.4) is 0 Å². The first-order chi connectivity index (χ1) is 15.1. The summed E-state index contributed by atoms with van der Waals surface area (Å²) in [4.78, 5) is 12.5. The molecule has 0 spiro atoms. The Morgan fingerprint density at radius 1 is 1.23 bits per heavy atom. The van der Waals surface area contributed by atoms with Gasteiger partial charge in [-0.3, -0.25) is 4.79 Å². The maximum absolute atomic E-state index is 12.5. The molecule has 3 aromatic rings. The lowest BCUT2D eigenvalue weighted by atomic mass is 9.88. The van der Waals surface area contributed by atoms with E-state index in [1.54, 1.807) is 13.2 Å². The number of nitrogen functional groups attached to an aromatic ring is 1. The van der Waals surface area contributed by atoms with Gasteiger partial charge in [0.05, 0.1) is 18.9 Å². The third-order valence-corrected chi connectivity index (χ3v) is 6.12. The summed E-state index contributed by atoms with van der Waals surface area (Å²) in [6, 6.07) is 15.6. The van der Waals surface area contributed by atoms with Crippen molar-refractivity contribution in [2.24, 2.45) is 0 Å². The number of aryl methyl sites for hydroxylation is 1. The van der Waals surface area contributed by atoms with Gasteiger partial charge in [-0.15, -0.1) is 10.2 Å². The Morgan fingerprint density at radius 3 is 2.94 bits per heavy atom. The maximum Gasteiger partial charge on any atom is 0.230 e. The number of thioether (sulfide) groups is 1. The number of ether oxygens (including phenoxy) is 2. The number of carbonyl (C=O) groups is 1. The van der Waals surface area contributed by atoms with E-state index in [0.29, 0.717) is 22.5 Å². The van der Waals surface area contributed by atoms with E-state index in [1.807, 2.05) is 30.3 Å². The zero-order valence-corrected chi connectivity index (χ0v) is 18.1. The number of methoxy groups -OCH3 is 1. The number of amides is 1. The van der Waals surface area contributed by atoms with Crippen LogP contribution in [-0.4, -0.2) is 33.6 Å². The summed E-state index contributed by atoms with van der Waals surface area (Å²) in [6.45, 7) is 0.155. The molecule has 1 unspecified atom stereocenters. The first-order valence-corrected chi connectivity index (χ1v) is 11.1. The van der Waals surface area contributed by atoms with Crippen LogP contribution < -0.4 is 20.6 Å². The van der Waals surface area contributed by atoms with E-state index in [4.69, 9.17) is 15.3 Å². The first kappa shape index (κ1) is 21.0. The molecule has 1 amide bonds. The molecule has 0 saturated carbocycles. The van der Waals surface area contributed by atoms with Crippen LogP contribution in [0.5, 0.6) is 11.5 Å². The van der Waals surface area contributed by atoms with Gasteiger partial charge in [0.15, 0.2) is 5.82 Å². The molecule has 31 heavy (non-hydrogen) atoms. The average Bonchev–Trinajstić information content (AvgIpc) is 3.16. The van der Waals surface area contributed by atoms with Crippen LogP contribution in [0.4, 0.5) is 0 Å². The van der Waals surface area contributed by atoms with E-state index in [0.717, 1.165) is 19.3 Å². The minimum absolute atomic E-state index is 0.0520. The number of nitrogens with zero attached hydrogens (tertiary/aromatic N) is 3. The van der Waals surface area contributed by atoms with Gasteiger partial charge in [0.25, 0.3) is 0 Å². The molecule has 3 N–H and O–H groups in total. The van der Waals surface area contributed by atoms with Crippen LogP contribution in [-0.2, 0) is 17.8 Å². The highest BCUT2D eigenvalue weighted by molar-refractivity contribution is 7.99. The minimum Gasteiger partial charge on any atom is -0.497 e. The fourth-order valence-corrected chi connectivity index (χ4v) is 4.30. The third-order valence-electron chi connectivity index (χ3n) is 5.18. The third kappa shape index (κ3) is 5.11. The Bertz CT molecular complexity index is 1060. The van der Waals surface area contributed by atoms with Gasteiger partial charge in [0, 0.05) is 6.07 Å². The van der Waals surface area contributed by atoms with E-state index >= 15 is 0 Å². The monoisotopic (exact) mass is 439 g/mol. The van der Waals surface area contributed by atoms with Gasteiger partial charge in [0.2, 0.25) is 11.1 Å². The first-order valence-electron chi connectivity index (χ1n) is 10.1. The SMILES string of the molecule is COc1cccc(OCc2nnc(SCC(=O)NC3CCCc4ccccc43)n2N)c1. The minimum atomic E-state index is -0.0520. The van der Waals surface area contributed by atoms with E-state index in [1.165, 1.54) is 27.6 Å². The molecule has 1 heterocycles. The molecule has 0 radical (unpaired) electrons. The van der Waals surface area contributed by atoms with Crippen LogP contribution in [0.1, 0.15) is 35.8 Å². The Kier molecular flexibility index (Phi) is 6.61. The highest BCUT2D eigenvalue weighted by Gasteiger charge is 2.22. The Morgan fingerprint density at radius 2 is 2.06 bits per heavy atom. The smallest absolute Gasteiger partial charge is 0.230 e. The van der Waals surface area contributed by atoms with Crippen LogP contribution in [0.25, 0.3) is 0 Å². The van der Waals surface area contributed by atoms with Gasteiger partial charge in [0.1, 0.15) is 18.1 Å². The lowest BCUT2D eigenvalue weighted by Gasteiger charge is -2.26. The van der Waals surface area contributed by atoms with Crippen molar-refractivity contribution in [3.05, 3.63) is 65.5 Å². The van der Waals surface area contributed by atoms with Gasteiger partial charge in [-0.1, -0.05) is 42.1 Å². The standard InChI is InChI=1S/C22H25N5O3S/c1-29-16-8-5-9-17(12-16)30-13-20-25-26-22(27(20)23)31-14-21(28)24-19-11-4-7-15-6-2-3-10-18(15)19/h2-3,5-6,8-10,12,19H,4,7,11,13-14,23H2,1H3,(H,24,28). The largest absolute Gasteiger partial charge is 0.497 e. The van der Waals surface area contributed by atoms with E-state index in [-0.39, 0.29) is 24.3 Å². The quantitative estimate of drug-likeness (QED) is 0.411. The van der Waals surface area contributed by atoms with Gasteiger partial charge in [-0.25, -0.2) is 4.68 Å². The number of rotatable bonds is 8. The highest BCUT2D eigenvalue weighted by atomic mass is 32.2. The van der Waals surface area contributed by atoms with Crippen LogP contribution >= 0.6 is 11.8 Å². The van der Waals surface area contributed by atoms with Crippen molar-refractivity contribution < 1.29 is 14.3 Å². The highest BCUT2D eigenvalue weighted by Crippen LogP contribution is 2.29. The van der Waals surface area contributed by atoms with Gasteiger partial charge in [-0.2, -0.15) is 0 Å². The molecular formula is C22H25N5O3S. The zero-order chi connectivity index (χ0) is 21.6. The molecule has 4 rings (SSSR count). The molecule has 2 aromatic carbocycles. The van der Waals surface area contributed by atoms with Crippen molar-refractivity contribution in [1.29, 1.82) is 0 Å². The van der Waals surface area contributed by atoms with Crippen molar-refractivity contribution in [3.8, 4) is 11.5 Å². The molecule has 1 atom stereocenters. The van der Waals surface area contributed by atoms with E-state index < -0.39 is 0 Å². The molecule has 162 valence electrons. The second-order valence-corrected chi connectivity index (χ2v) is 8.18. The fraction of sp³-hybridized carbons (Fsp3) is 0.318. The Balaban J connectivity index is 1.30. The van der Waals surface area contributed by atoms with Crippen molar-refractivity contribution in [1.82, 2.24) is 20.2 Å². The second-order valence-electron chi connectivity index (χ2n) is 7.24. The van der Waals surface area contributed by atoms with Crippen molar-refractivity contribution in [2.75, 3.05) is 18.7 Å². The molecular weight excluding hydrogens is 414 g/mol. The lowest BCUT2D eigenvalue weighted by Crippen LogP contribution is -2.32. The Labute approximate surface area is 185 Å². The molecule has 1 aliphatic carbocycles. The number of hydrogen-bond acceptors (Lipinski definition) is 7. The summed E-state index contributed by atoms with van der Waals surface area (Å²) in [6.07, 6.45) is 3.09. The van der Waals surface area contributed by atoms with Crippen LogP contribution in [0.2, 0.25) is 0 Å². The van der Waals surface area contributed by atoms with Gasteiger partial charge < -0.3 is 20.6 Å². The lowest BCUT2D eigenvalue weighted by molar-refractivity contribution is -0.119. The zero-order valence-electron chi connectivity index (χ0n) is 17.3. The molecule has 0 aliphatic heterocycles. The number of aromatic nitrogens is 3. The van der Waals surface area contributed by atoms with E-state index in [9.17, 15) is 4.79 Å². The van der Waals surface area contributed by atoms with Crippen molar-refractivity contribution in [2.45, 2.75) is 37.1 Å². The van der Waals surface area contributed by atoms with Crippen molar-refractivity contribution in [3.63, 3.8) is 0 Å². The number of fused-ring (bicyclic) bond motifs is 1. The topological polar surface area (TPSA) is 104 Å². The molecule has 0 saturated heterocycles. The number of carbonyl (C=O) groups excluding carboxylic acids is 1. The van der Waals surface area contributed by atoms with Gasteiger partial charge >= 0.3 is 0 Å². The molecule has 8 nitrogen and oxygen atoms in total. The number of nitrogens with two attached hydrogens (primary N) is 1. The number of nitrogens with one attached hydrogen (secondary N) is 1. The number of hydrogen-bond donors (Lipinski definition) is 2. The molecule has 0 fully saturated rings. The molecule has 1 aromatic heterocycles. The Hall–Kier alpha value is -3.20. The summed E-state index contributed by atoms with van der Waals surface area (Å²) in [5.74, 6) is 8.06. The molecule has 9 heteroatoms. The predicted octanol–water partition coefficient (Wildman–Crippen LogP) is 2.87. The summed E-state index contributed by atoms with van der Waals surface area (Å²) >= 11 is 1.25. The summed E-state index contributed by atoms with van der Waals surface area (Å²) in [7, 11) is 1.60.